The molecular weight excluding hydrogens is 316 g/mol. The van der Waals surface area contributed by atoms with Crippen LogP contribution in [0.1, 0.15) is 52.4 Å². The van der Waals surface area contributed by atoms with E-state index in [1.54, 1.807) is 14.1 Å². The van der Waals surface area contributed by atoms with Crippen molar-refractivity contribution in [2.24, 2.45) is 4.99 Å². The molecule has 8 heteroatoms. The molecule has 7 nitrogen and oxygen atoms in total. The van der Waals surface area contributed by atoms with E-state index in [9.17, 15) is 9.59 Å². The predicted octanol–water partition coefficient (Wildman–Crippen LogP) is 3.12. The summed E-state index contributed by atoms with van der Waals surface area (Å²) in [6.45, 7) is 3.81. The van der Waals surface area contributed by atoms with Gasteiger partial charge in [0, 0.05) is 19.3 Å². The van der Waals surface area contributed by atoms with Gasteiger partial charge in [-0.2, -0.15) is 0 Å². The number of nitrogens with zero attached hydrogens (tertiary/aromatic N) is 2. The maximum absolute atomic E-state index is 12.0. The molecule has 1 saturated carbocycles. The second-order valence-electron chi connectivity index (χ2n) is 5.86. The van der Waals surface area contributed by atoms with Gasteiger partial charge in [0.1, 0.15) is 0 Å². The van der Waals surface area contributed by atoms with Gasteiger partial charge in [0.15, 0.2) is 0 Å². The lowest BCUT2D eigenvalue weighted by molar-refractivity contribution is 0.189. The van der Waals surface area contributed by atoms with Gasteiger partial charge in [0.05, 0.1) is 6.10 Å². The standard InChI is InChI=1S/C15H28N4O3S/c1-5-11(2)22-14(17-15(21)19(3)4)16-13(20)18-23-12-9-7-6-8-10-12/h11-12H,5-10H2,1-4H3,(H2,16,17,18,20,21). The minimum atomic E-state index is -0.483. The molecule has 1 unspecified atom stereocenters. The Morgan fingerprint density at radius 2 is 1.96 bits per heavy atom. The van der Waals surface area contributed by atoms with Crippen LogP contribution in [-0.4, -0.2) is 48.4 Å². The molecule has 0 spiro atoms. The zero-order valence-electron chi connectivity index (χ0n) is 14.4. The Bertz CT molecular complexity index is 423. The van der Waals surface area contributed by atoms with Gasteiger partial charge in [-0.25, -0.2) is 9.59 Å². The van der Waals surface area contributed by atoms with E-state index in [1.165, 1.54) is 36.1 Å². The van der Waals surface area contributed by atoms with Crippen LogP contribution in [0.2, 0.25) is 0 Å². The molecule has 0 saturated heterocycles. The molecular formula is C15H28N4O3S. The summed E-state index contributed by atoms with van der Waals surface area (Å²) in [6.07, 6.45) is 6.53. The Balaban J connectivity index is 2.53. The summed E-state index contributed by atoms with van der Waals surface area (Å²) in [4.78, 5) is 28.8. The zero-order valence-corrected chi connectivity index (χ0v) is 15.2. The van der Waals surface area contributed by atoms with Crippen molar-refractivity contribution in [3.63, 3.8) is 0 Å². The molecule has 0 aromatic carbocycles. The number of carbonyl (C=O) groups is 2. The van der Waals surface area contributed by atoms with Crippen molar-refractivity contribution < 1.29 is 14.3 Å². The van der Waals surface area contributed by atoms with E-state index in [0.29, 0.717) is 5.25 Å². The number of aliphatic imine (C=N–C) groups is 1. The average Bonchev–Trinajstić information content (AvgIpc) is 2.53. The number of carbonyl (C=O) groups excluding carboxylic acids is 2. The number of amides is 4. The lowest BCUT2D eigenvalue weighted by Gasteiger charge is -2.21. The maximum atomic E-state index is 12.0. The van der Waals surface area contributed by atoms with Crippen LogP contribution in [0.15, 0.2) is 4.99 Å². The number of hydrogen-bond donors (Lipinski definition) is 2. The van der Waals surface area contributed by atoms with Crippen molar-refractivity contribution in [1.29, 1.82) is 0 Å². The lowest BCUT2D eigenvalue weighted by atomic mass is 10.0. The molecule has 1 fully saturated rings. The van der Waals surface area contributed by atoms with E-state index < -0.39 is 12.1 Å². The molecule has 2 N–H and O–H groups in total. The first kappa shape index (κ1) is 19.6. The van der Waals surface area contributed by atoms with E-state index in [4.69, 9.17) is 4.74 Å². The molecule has 0 bridgehead atoms. The minimum absolute atomic E-state index is 0.0696. The number of nitrogens with one attached hydrogen (secondary N) is 2. The Morgan fingerprint density at radius 3 is 2.52 bits per heavy atom. The second kappa shape index (κ2) is 10.4. The average molecular weight is 344 g/mol. The van der Waals surface area contributed by atoms with Crippen LogP contribution in [0.3, 0.4) is 0 Å². The summed E-state index contributed by atoms with van der Waals surface area (Å²) in [5.41, 5.74) is 0. The molecule has 23 heavy (non-hydrogen) atoms. The summed E-state index contributed by atoms with van der Waals surface area (Å²) in [5.74, 6) is 0. The van der Waals surface area contributed by atoms with Crippen molar-refractivity contribution in [2.75, 3.05) is 14.1 Å². The smallest absolute Gasteiger partial charge is 0.347 e. The van der Waals surface area contributed by atoms with Crippen LogP contribution in [-0.2, 0) is 4.74 Å². The Kier molecular flexibility index (Phi) is 8.83. The van der Waals surface area contributed by atoms with E-state index in [-0.39, 0.29) is 12.1 Å². The monoisotopic (exact) mass is 344 g/mol. The number of rotatable bonds is 4. The number of ether oxygens (including phenoxy) is 1. The number of amidine groups is 1. The third kappa shape index (κ3) is 8.11. The quantitative estimate of drug-likeness (QED) is 0.466. The first-order valence-corrected chi connectivity index (χ1v) is 8.99. The highest BCUT2D eigenvalue weighted by Crippen LogP contribution is 2.26. The van der Waals surface area contributed by atoms with Gasteiger partial charge in [-0.05, 0) is 38.1 Å². The zero-order chi connectivity index (χ0) is 17.2. The van der Waals surface area contributed by atoms with Crippen LogP contribution >= 0.6 is 11.9 Å². The van der Waals surface area contributed by atoms with Crippen molar-refractivity contribution in [3.8, 4) is 0 Å². The van der Waals surface area contributed by atoms with Crippen molar-refractivity contribution in [1.82, 2.24) is 14.9 Å². The third-order valence-corrected chi connectivity index (χ3v) is 4.67. The fraction of sp³-hybridized carbons (Fsp3) is 0.800. The molecule has 4 amide bonds. The molecule has 1 atom stereocenters. The highest BCUT2D eigenvalue weighted by atomic mass is 32.2. The molecule has 1 rings (SSSR count). The molecule has 1 aliphatic carbocycles. The van der Waals surface area contributed by atoms with Crippen molar-refractivity contribution in [2.45, 2.75) is 63.7 Å². The molecule has 132 valence electrons. The second-order valence-corrected chi connectivity index (χ2v) is 6.97. The fourth-order valence-corrected chi connectivity index (χ4v) is 2.88. The normalized spacial score (nSPS) is 17.3. The minimum Gasteiger partial charge on any atom is -0.462 e. The van der Waals surface area contributed by atoms with Gasteiger partial charge >= 0.3 is 18.1 Å². The first-order chi connectivity index (χ1) is 10.9. The summed E-state index contributed by atoms with van der Waals surface area (Å²) < 4.78 is 8.26. The Morgan fingerprint density at radius 1 is 1.30 bits per heavy atom. The Labute approximate surface area is 142 Å². The highest BCUT2D eigenvalue weighted by molar-refractivity contribution is 7.98. The largest absolute Gasteiger partial charge is 0.462 e. The summed E-state index contributed by atoms with van der Waals surface area (Å²) in [6, 6.07) is -0.975. The van der Waals surface area contributed by atoms with Crippen LogP contribution in [0, 0.1) is 0 Å². The van der Waals surface area contributed by atoms with Crippen LogP contribution in [0.5, 0.6) is 0 Å². The van der Waals surface area contributed by atoms with Crippen LogP contribution in [0.25, 0.3) is 0 Å². The molecule has 1 aliphatic rings. The van der Waals surface area contributed by atoms with Gasteiger partial charge in [0.25, 0.3) is 0 Å². The van der Waals surface area contributed by atoms with Gasteiger partial charge in [-0.1, -0.05) is 26.2 Å². The van der Waals surface area contributed by atoms with E-state index in [2.05, 4.69) is 15.0 Å². The molecule has 0 aliphatic heterocycles. The van der Waals surface area contributed by atoms with E-state index in [0.717, 1.165) is 19.3 Å². The third-order valence-electron chi connectivity index (χ3n) is 3.56. The van der Waals surface area contributed by atoms with Gasteiger partial charge in [-0.3, -0.25) is 10.0 Å². The van der Waals surface area contributed by atoms with Crippen LogP contribution in [0.4, 0.5) is 9.59 Å². The van der Waals surface area contributed by atoms with E-state index in [1.807, 2.05) is 13.8 Å². The Hall–Kier alpha value is -1.44. The molecule has 0 heterocycles. The topological polar surface area (TPSA) is 83.0 Å². The highest BCUT2D eigenvalue weighted by Gasteiger charge is 2.17. The van der Waals surface area contributed by atoms with Gasteiger partial charge in [0.2, 0.25) is 0 Å². The molecule has 0 aromatic rings. The lowest BCUT2D eigenvalue weighted by Crippen LogP contribution is -2.41. The van der Waals surface area contributed by atoms with E-state index >= 15 is 0 Å². The SMILES string of the molecule is CCC(C)OC(=NC(=O)N(C)C)NC(=O)NSC1CCCCC1. The van der Waals surface area contributed by atoms with Crippen LogP contribution < -0.4 is 10.0 Å². The van der Waals surface area contributed by atoms with Crippen molar-refractivity contribution >= 4 is 30.0 Å². The van der Waals surface area contributed by atoms with Gasteiger partial charge in [-0.15, -0.1) is 4.99 Å². The van der Waals surface area contributed by atoms with Gasteiger partial charge < -0.3 is 9.64 Å². The van der Waals surface area contributed by atoms with Crippen molar-refractivity contribution in [3.05, 3.63) is 0 Å². The number of urea groups is 2. The first-order valence-electron chi connectivity index (χ1n) is 8.11. The molecule has 0 aromatic heterocycles. The maximum Gasteiger partial charge on any atom is 0.347 e. The molecule has 0 radical (unpaired) electrons. The fourth-order valence-electron chi connectivity index (χ4n) is 1.99. The summed E-state index contributed by atoms with van der Waals surface area (Å²) >= 11 is 1.43. The number of hydrogen-bond acceptors (Lipinski definition) is 4. The predicted molar refractivity (Wildman–Crippen MR) is 93.5 cm³/mol. The summed E-state index contributed by atoms with van der Waals surface area (Å²) in [7, 11) is 3.18. The summed E-state index contributed by atoms with van der Waals surface area (Å²) in [5, 5.41) is 2.97.